The van der Waals surface area contributed by atoms with E-state index in [2.05, 4.69) is 10.4 Å². The van der Waals surface area contributed by atoms with Gasteiger partial charge >= 0.3 is 0 Å². The predicted octanol–water partition coefficient (Wildman–Crippen LogP) is 1.78. The summed E-state index contributed by atoms with van der Waals surface area (Å²) in [4.78, 5) is 15.7. The van der Waals surface area contributed by atoms with Gasteiger partial charge in [0.2, 0.25) is 5.24 Å². The largest absolute Gasteiger partial charge is 0.280 e. The maximum atomic E-state index is 11.5. The molecule has 0 aliphatic carbocycles. The van der Waals surface area contributed by atoms with E-state index in [1.54, 1.807) is 36.0 Å². The van der Waals surface area contributed by atoms with E-state index in [1.807, 2.05) is 12.3 Å². The van der Waals surface area contributed by atoms with Crippen LogP contribution < -0.4 is 10.4 Å². The number of nitrogens with zero attached hydrogens (tertiary/aromatic N) is 3. The van der Waals surface area contributed by atoms with Gasteiger partial charge in [-0.3, -0.25) is 9.80 Å². The van der Waals surface area contributed by atoms with Crippen molar-refractivity contribution >= 4 is 34.4 Å². The van der Waals surface area contributed by atoms with Crippen molar-refractivity contribution in [3.8, 4) is 6.07 Å². The Bertz CT molecular complexity index is 460. The number of carbonyl (C=O) groups excluding carboxylic acids is 1. The van der Waals surface area contributed by atoms with Gasteiger partial charge in [0.25, 0.3) is 0 Å². The number of hydrazine groups is 1. The number of halogens is 1. The zero-order valence-electron chi connectivity index (χ0n) is 10.8. The number of aromatic nitrogens is 1. The van der Waals surface area contributed by atoms with E-state index in [-0.39, 0.29) is 0 Å². The van der Waals surface area contributed by atoms with E-state index in [9.17, 15) is 4.79 Å². The van der Waals surface area contributed by atoms with Crippen LogP contribution in [0.3, 0.4) is 0 Å². The third-order valence-corrected chi connectivity index (χ3v) is 3.43. The second-order valence-electron chi connectivity index (χ2n) is 3.71. The lowest BCUT2D eigenvalue weighted by Gasteiger charge is -2.29. The number of pyridine rings is 1. The first-order valence-electron chi connectivity index (χ1n) is 5.65. The monoisotopic (exact) mass is 298 g/mol. The van der Waals surface area contributed by atoms with Gasteiger partial charge < -0.3 is 0 Å². The normalized spacial score (nSPS) is 11.7. The summed E-state index contributed by atoms with van der Waals surface area (Å²) in [6, 6.07) is 4.84. The van der Waals surface area contributed by atoms with Crippen LogP contribution >= 0.6 is 23.4 Å². The number of rotatable bonds is 7. The molecule has 7 heteroatoms. The molecule has 0 spiro atoms. The highest BCUT2D eigenvalue weighted by Gasteiger charge is 2.24. The highest BCUT2D eigenvalue weighted by atomic mass is 35.5. The first-order valence-corrected chi connectivity index (χ1v) is 7.42. The number of thioether (sulfide) groups is 1. The van der Waals surface area contributed by atoms with Gasteiger partial charge in [0.1, 0.15) is 17.9 Å². The summed E-state index contributed by atoms with van der Waals surface area (Å²) in [5.74, 6) is 1.37. The third-order valence-electron chi connectivity index (χ3n) is 2.53. The predicted molar refractivity (Wildman–Crippen MR) is 78.1 cm³/mol. The molecule has 0 amide bonds. The Morgan fingerprint density at radius 3 is 2.84 bits per heavy atom. The molecule has 19 heavy (non-hydrogen) atoms. The minimum absolute atomic E-state index is 0.436. The van der Waals surface area contributed by atoms with Crippen molar-refractivity contribution in [1.82, 2.24) is 10.4 Å². The third kappa shape index (κ3) is 4.39. The van der Waals surface area contributed by atoms with Crippen LogP contribution in [-0.4, -0.2) is 35.3 Å². The van der Waals surface area contributed by atoms with Crippen LogP contribution in [0.2, 0.25) is 0 Å². The Hall–Kier alpha value is -1.29. The number of hydrogen-bond donors (Lipinski definition) is 1. The molecule has 1 atom stereocenters. The topological polar surface area (TPSA) is 69.0 Å². The van der Waals surface area contributed by atoms with Gasteiger partial charge in [-0.05, 0) is 42.2 Å². The van der Waals surface area contributed by atoms with Crippen molar-refractivity contribution in [2.75, 3.05) is 24.1 Å². The molecule has 0 aliphatic rings. The van der Waals surface area contributed by atoms with Gasteiger partial charge in [0.05, 0.1) is 5.56 Å². The summed E-state index contributed by atoms with van der Waals surface area (Å²) in [6.45, 7) is 0. The van der Waals surface area contributed by atoms with Gasteiger partial charge in [-0.25, -0.2) is 10.4 Å². The molecule has 5 nitrogen and oxygen atoms in total. The number of hydrogen-bond acceptors (Lipinski definition) is 6. The van der Waals surface area contributed by atoms with Gasteiger partial charge in [-0.1, -0.05) is 0 Å². The summed E-state index contributed by atoms with van der Waals surface area (Å²) in [5, 5.41) is 9.92. The minimum Gasteiger partial charge on any atom is -0.280 e. The summed E-state index contributed by atoms with van der Waals surface area (Å²) >= 11 is 7.30. The molecule has 0 saturated carbocycles. The summed E-state index contributed by atoms with van der Waals surface area (Å²) in [6.07, 6.45) is 4.05. The quantitative estimate of drug-likeness (QED) is 0.611. The molecule has 0 radical (unpaired) electrons. The molecule has 0 aromatic carbocycles. The Labute approximate surface area is 121 Å². The van der Waals surface area contributed by atoms with Crippen LogP contribution in [0.25, 0.3) is 0 Å². The second-order valence-corrected chi connectivity index (χ2v) is 5.07. The second kappa shape index (κ2) is 8.00. The van der Waals surface area contributed by atoms with Crippen LogP contribution in [0.1, 0.15) is 12.0 Å². The molecule has 1 aromatic heterocycles. The smallest absolute Gasteiger partial charge is 0.245 e. The molecule has 0 aliphatic heterocycles. The van der Waals surface area contributed by atoms with E-state index in [0.29, 0.717) is 17.8 Å². The molecule has 1 heterocycles. The van der Waals surface area contributed by atoms with Crippen LogP contribution in [0.5, 0.6) is 0 Å². The van der Waals surface area contributed by atoms with Gasteiger partial charge in [-0.2, -0.15) is 17.0 Å². The van der Waals surface area contributed by atoms with Gasteiger partial charge in [-0.15, -0.1) is 0 Å². The highest BCUT2D eigenvalue weighted by Crippen LogP contribution is 2.17. The van der Waals surface area contributed by atoms with Crippen molar-refractivity contribution < 1.29 is 4.79 Å². The van der Waals surface area contributed by atoms with E-state index >= 15 is 0 Å². The molecular formula is C12H15ClN4OS. The Balaban J connectivity index is 2.94. The van der Waals surface area contributed by atoms with Crippen LogP contribution in [0.4, 0.5) is 5.82 Å². The van der Waals surface area contributed by atoms with Gasteiger partial charge in [0.15, 0.2) is 0 Å². The average Bonchev–Trinajstić information content (AvgIpc) is 2.43. The summed E-state index contributed by atoms with van der Waals surface area (Å²) < 4.78 is 0. The van der Waals surface area contributed by atoms with E-state index in [1.165, 1.54) is 6.20 Å². The van der Waals surface area contributed by atoms with Crippen molar-refractivity contribution in [3.05, 3.63) is 23.9 Å². The van der Waals surface area contributed by atoms with Crippen LogP contribution in [-0.2, 0) is 4.79 Å². The molecule has 0 unspecified atom stereocenters. The van der Waals surface area contributed by atoms with Crippen LogP contribution in [0.15, 0.2) is 18.3 Å². The Morgan fingerprint density at radius 1 is 1.68 bits per heavy atom. The fraction of sp³-hybridized carbons (Fsp3) is 0.417. The molecule has 1 rings (SSSR count). The SMILES string of the molecule is CNN(c1ccc(C#N)cn1)[C@@H](CCSC)C(=O)Cl. The lowest BCUT2D eigenvalue weighted by atomic mass is 10.2. The fourth-order valence-corrected chi connectivity index (χ4v) is 2.26. The zero-order valence-corrected chi connectivity index (χ0v) is 12.3. The molecule has 1 aromatic rings. The van der Waals surface area contributed by atoms with Crippen molar-refractivity contribution in [3.63, 3.8) is 0 Å². The van der Waals surface area contributed by atoms with E-state index in [4.69, 9.17) is 16.9 Å². The van der Waals surface area contributed by atoms with Crippen LogP contribution in [0, 0.1) is 11.3 Å². The molecule has 0 fully saturated rings. The maximum Gasteiger partial charge on any atom is 0.245 e. The first kappa shape index (κ1) is 15.8. The molecule has 102 valence electrons. The van der Waals surface area contributed by atoms with E-state index < -0.39 is 11.3 Å². The summed E-state index contributed by atoms with van der Waals surface area (Å²) in [7, 11) is 1.70. The maximum absolute atomic E-state index is 11.5. The van der Waals surface area contributed by atoms with Gasteiger partial charge in [0, 0.05) is 13.2 Å². The van der Waals surface area contributed by atoms with Crippen molar-refractivity contribution in [2.45, 2.75) is 12.5 Å². The fourth-order valence-electron chi connectivity index (χ4n) is 1.60. The Kier molecular flexibility index (Phi) is 6.64. The average molecular weight is 299 g/mol. The number of nitriles is 1. The molecule has 0 bridgehead atoms. The summed E-state index contributed by atoms with van der Waals surface area (Å²) in [5.41, 5.74) is 3.39. The first-order chi connectivity index (χ1) is 9.13. The molecule has 1 N–H and O–H groups in total. The zero-order chi connectivity index (χ0) is 14.3. The van der Waals surface area contributed by atoms with Crippen molar-refractivity contribution in [2.24, 2.45) is 0 Å². The minimum atomic E-state index is -0.487. The number of carbonyl (C=O) groups is 1. The lowest BCUT2D eigenvalue weighted by Crippen LogP contribution is -2.47. The highest BCUT2D eigenvalue weighted by molar-refractivity contribution is 7.98. The van der Waals surface area contributed by atoms with Crippen molar-refractivity contribution in [1.29, 1.82) is 5.26 Å². The number of nitrogens with one attached hydrogen (secondary N) is 1. The number of anilines is 1. The van der Waals surface area contributed by atoms with E-state index in [0.717, 1.165) is 5.75 Å². The standard InChI is InChI=1S/C12H15ClN4OS/c1-15-17(10(12(13)18)5-6-19-2)11-4-3-9(7-14)8-16-11/h3-4,8,10,15H,5-6H2,1-2H3/t10-/m0/s1. The molecule has 0 saturated heterocycles. The molecular weight excluding hydrogens is 284 g/mol. The Morgan fingerprint density at radius 2 is 2.42 bits per heavy atom. The lowest BCUT2D eigenvalue weighted by molar-refractivity contribution is -0.113.